The van der Waals surface area contributed by atoms with Gasteiger partial charge in [-0.2, -0.15) is 0 Å². The Bertz CT molecular complexity index is 433. The van der Waals surface area contributed by atoms with Crippen molar-refractivity contribution >= 4 is 0 Å². The minimum absolute atomic E-state index is 0.141. The average molecular weight is 257 g/mol. The molecule has 0 heterocycles. The molecule has 1 aliphatic carbocycles. The van der Waals surface area contributed by atoms with Crippen molar-refractivity contribution in [2.24, 2.45) is 11.7 Å². The normalized spacial score (nSPS) is 24.2. The number of halogens is 3. The summed E-state index contributed by atoms with van der Waals surface area (Å²) < 4.78 is 40.3. The monoisotopic (exact) mass is 257 g/mol. The first-order valence-electron chi connectivity index (χ1n) is 6.20. The molecule has 2 rings (SSSR count). The summed E-state index contributed by atoms with van der Waals surface area (Å²) in [6.45, 7) is 3.58. The fourth-order valence-corrected chi connectivity index (χ4v) is 2.88. The Kier molecular flexibility index (Phi) is 3.41. The van der Waals surface area contributed by atoms with Crippen molar-refractivity contribution in [2.75, 3.05) is 0 Å². The molecule has 0 radical (unpaired) electrons. The van der Waals surface area contributed by atoms with E-state index < -0.39 is 12.0 Å². The van der Waals surface area contributed by atoms with Crippen LogP contribution in [0.5, 0.6) is 0 Å². The lowest BCUT2D eigenvalue weighted by Crippen LogP contribution is -2.23. The molecule has 2 atom stereocenters. The molecule has 18 heavy (non-hydrogen) atoms. The van der Waals surface area contributed by atoms with E-state index in [2.05, 4.69) is 0 Å². The van der Waals surface area contributed by atoms with Gasteiger partial charge in [-0.05, 0) is 43.4 Å². The molecule has 4 heteroatoms. The Balaban J connectivity index is 2.27. The van der Waals surface area contributed by atoms with Crippen molar-refractivity contribution in [1.29, 1.82) is 0 Å². The van der Waals surface area contributed by atoms with Crippen molar-refractivity contribution in [2.45, 2.75) is 45.1 Å². The standard InChI is InChI=1S/C14H18F3N/c1-8-5-9(2)12(11(15)6-8)13(18)10-3-4-14(16,17)7-10/h5-6,10,13H,3-4,7,18H2,1-2H3. The highest BCUT2D eigenvalue weighted by Crippen LogP contribution is 2.44. The van der Waals surface area contributed by atoms with Gasteiger partial charge in [-0.15, -0.1) is 0 Å². The fourth-order valence-electron chi connectivity index (χ4n) is 2.88. The number of alkyl halides is 2. The molecular formula is C14H18F3N. The number of rotatable bonds is 2. The number of hydrogen-bond donors (Lipinski definition) is 1. The van der Waals surface area contributed by atoms with Crippen LogP contribution >= 0.6 is 0 Å². The molecule has 1 aliphatic rings. The maximum atomic E-state index is 13.9. The SMILES string of the molecule is Cc1cc(C)c(C(N)C2CCC(F)(F)C2)c(F)c1. The van der Waals surface area contributed by atoms with Crippen molar-refractivity contribution in [3.05, 3.63) is 34.6 Å². The van der Waals surface area contributed by atoms with E-state index in [4.69, 9.17) is 5.73 Å². The summed E-state index contributed by atoms with van der Waals surface area (Å²) in [4.78, 5) is 0. The largest absolute Gasteiger partial charge is 0.324 e. The summed E-state index contributed by atoms with van der Waals surface area (Å²) in [5.41, 5.74) is 7.95. The van der Waals surface area contributed by atoms with E-state index in [9.17, 15) is 13.2 Å². The first kappa shape index (κ1) is 13.4. The van der Waals surface area contributed by atoms with Crippen LogP contribution < -0.4 is 5.73 Å². The van der Waals surface area contributed by atoms with E-state index >= 15 is 0 Å². The molecule has 0 bridgehead atoms. The van der Waals surface area contributed by atoms with Crippen LogP contribution in [0.25, 0.3) is 0 Å². The molecule has 0 saturated heterocycles. The predicted molar refractivity (Wildman–Crippen MR) is 65.1 cm³/mol. The second-order valence-corrected chi connectivity index (χ2v) is 5.36. The topological polar surface area (TPSA) is 26.0 Å². The van der Waals surface area contributed by atoms with Crippen LogP contribution in [0.3, 0.4) is 0 Å². The Morgan fingerprint density at radius 3 is 2.50 bits per heavy atom. The molecule has 0 aromatic heterocycles. The number of nitrogens with two attached hydrogens (primary N) is 1. The van der Waals surface area contributed by atoms with Crippen LogP contribution in [0.1, 0.15) is 42.0 Å². The second kappa shape index (κ2) is 4.57. The highest BCUT2D eigenvalue weighted by atomic mass is 19.3. The zero-order chi connectivity index (χ0) is 13.5. The zero-order valence-electron chi connectivity index (χ0n) is 10.6. The van der Waals surface area contributed by atoms with E-state index in [1.165, 1.54) is 6.07 Å². The van der Waals surface area contributed by atoms with Gasteiger partial charge in [0.2, 0.25) is 5.92 Å². The van der Waals surface area contributed by atoms with E-state index in [0.29, 0.717) is 12.0 Å². The molecule has 0 spiro atoms. The van der Waals surface area contributed by atoms with Crippen molar-refractivity contribution in [3.63, 3.8) is 0 Å². The molecule has 1 aromatic carbocycles. The summed E-state index contributed by atoms with van der Waals surface area (Å²) in [6.07, 6.45) is -0.0141. The number of benzene rings is 1. The maximum Gasteiger partial charge on any atom is 0.248 e. The molecule has 2 N–H and O–H groups in total. The minimum atomic E-state index is -2.64. The summed E-state index contributed by atoms with van der Waals surface area (Å²) in [7, 11) is 0. The third-order valence-corrected chi connectivity index (χ3v) is 3.76. The van der Waals surface area contributed by atoms with Gasteiger partial charge >= 0.3 is 0 Å². The van der Waals surface area contributed by atoms with Gasteiger partial charge in [-0.3, -0.25) is 0 Å². The highest BCUT2D eigenvalue weighted by molar-refractivity contribution is 5.34. The highest BCUT2D eigenvalue weighted by Gasteiger charge is 2.42. The van der Waals surface area contributed by atoms with E-state index in [1.54, 1.807) is 13.8 Å². The molecule has 100 valence electrons. The van der Waals surface area contributed by atoms with Crippen LogP contribution in [0.4, 0.5) is 13.2 Å². The van der Waals surface area contributed by atoms with E-state index in [-0.39, 0.29) is 24.6 Å². The van der Waals surface area contributed by atoms with Crippen LogP contribution in [-0.2, 0) is 0 Å². The third kappa shape index (κ3) is 2.53. The van der Waals surface area contributed by atoms with Gasteiger partial charge in [0, 0.05) is 24.4 Å². The average Bonchev–Trinajstić information content (AvgIpc) is 2.57. The van der Waals surface area contributed by atoms with Gasteiger partial charge in [-0.25, -0.2) is 13.2 Å². The summed E-state index contributed by atoms with van der Waals surface area (Å²) in [6, 6.07) is 2.61. The molecule has 1 nitrogen and oxygen atoms in total. The van der Waals surface area contributed by atoms with E-state index in [1.807, 2.05) is 6.07 Å². The molecule has 1 saturated carbocycles. The summed E-state index contributed by atoms with van der Waals surface area (Å²) in [5, 5.41) is 0. The molecular weight excluding hydrogens is 239 g/mol. The lowest BCUT2D eigenvalue weighted by atomic mass is 9.88. The zero-order valence-corrected chi connectivity index (χ0v) is 10.6. The molecule has 0 amide bonds. The number of aryl methyl sites for hydroxylation is 2. The van der Waals surface area contributed by atoms with Gasteiger partial charge in [0.15, 0.2) is 0 Å². The van der Waals surface area contributed by atoms with Gasteiger partial charge < -0.3 is 5.73 Å². The minimum Gasteiger partial charge on any atom is -0.324 e. The quantitative estimate of drug-likeness (QED) is 0.855. The Hall–Kier alpha value is -1.03. The molecule has 1 aromatic rings. The molecule has 1 fully saturated rings. The first-order valence-corrected chi connectivity index (χ1v) is 6.20. The Morgan fingerprint density at radius 2 is 2.00 bits per heavy atom. The lowest BCUT2D eigenvalue weighted by Gasteiger charge is -2.22. The van der Waals surface area contributed by atoms with Crippen LogP contribution in [-0.4, -0.2) is 5.92 Å². The van der Waals surface area contributed by atoms with Gasteiger partial charge in [0.25, 0.3) is 0 Å². The van der Waals surface area contributed by atoms with Crippen LogP contribution in [0, 0.1) is 25.6 Å². The van der Waals surface area contributed by atoms with Crippen molar-refractivity contribution in [3.8, 4) is 0 Å². The smallest absolute Gasteiger partial charge is 0.248 e. The van der Waals surface area contributed by atoms with Crippen LogP contribution in [0.15, 0.2) is 12.1 Å². The lowest BCUT2D eigenvalue weighted by molar-refractivity contribution is 0.00383. The van der Waals surface area contributed by atoms with Gasteiger partial charge in [0.1, 0.15) is 5.82 Å². The Labute approximate surface area is 105 Å². The van der Waals surface area contributed by atoms with E-state index in [0.717, 1.165) is 11.1 Å². The van der Waals surface area contributed by atoms with Crippen LogP contribution in [0.2, 0.25) is 0 Å². The third-order valence-electron chi connectivity index (χ3n) is 3.76. The van der Waals surface area contributed by atoms with Gasteiger partial charge in [-0.1, -0.05) is 6.07 Å². The number of hydrogen-bond acceptors (Lipinski definition) is 1. The predicted octanol–water partition coefficient (Wildman–Crippen LogP) is 3.88. The second-order valence-electron chi connectivity index (χ2n) is 5.36. The first-order chi connectivity index (χ1) is 8.30. The van der Waals surface area contributed by atoms with Crippen molar-refractivity contribution in [1.82, 2.24) is 0 Å². The summed E-state index contributed by atoms with van der Waals surface area (Å²) >= 11 is 0. The summed E-state index contributed by atoms with van der Waals surface area (Å²) in [5.74, 6) is -3.36. The molecule has 0 aliphatic heterocycles. The van der Waals surface area contributed by atoms with Gasteiger partial charge in [0.05, 0.1) is 0 Å². The maximum absolute atomic E-state index is 13.9. The molecule has 2 unspecified atom stereocenters. The fraction of sp³-hybridized carbons (Fsp3) is 0.571. The Morgan fingerprint density at radius 1 is 1.33 bits per heavy atom. The van der Waals surface area contributed by atoms with Crippen molar-refractivity contribution < 1.29 is 13.2 Å².